The molecule has 3 aromatic rings. The molecule has 0 radical (unpaired) electrons. The lowest BCUT2D eigenvalue weighted by atomic mass is 10.0. The topological polar surface area (TPSA) is 118 Å². The molecular weight excluding hydrogens is 320 g/mol. The van der Waals surface area contributed by atoms with Crippen LogP contribution in [0.5, 0.6) is 11.5 Å². The molecule has 0 aliphatic heterocycles. The first-order valence-corrected chi connectivity index (χ1v) is 7.48. The van der Waals surface area contributed by atoms with E-state index in [2.05, 4.69) is 15.6 Å². The Balaban J connectivity index is 2.25. The van der Waals surface area contributed by atoms with E-state index in [4.69, 9.17) is 5.41 Å². The average Bonchev–Trinajstić information content (AvgIpc) is 2.58. The number of pyridine rings is 1. The molecule has 2 aromatic carbocycles. The fraction of sp³-hybridized carbons (Fsp3) is 0.0556. The largest absolute Gasteiger partial charge is 0.504 e. The zero-order valence-corrected chi connectivity index (χ0v) is 13.4. The molecule has 3 rings (SSSR count). The number of phenolic OH excluding ortho intramolecular Hbond substituents is 2. The van der Waals surface area contributed by atoms with Crippen LogP contribution in [0, 0.1) is 12.3 Å². The third-order valence-electron chi connectivity index (χ3n) is 3.81. The lowest BCUT2D eigenvalue weighted by Crippen LogP contribution is -2.28. The van der Waals surface area contributed by atoms with E-state index >= 15 is 0 Å². The highest BCUT2D eigenvalue weighted by atomic mass is 16.3. The van der Waals surface area contributed by atoms with E-state index in [9.17, 15) is 15.0 Å². The van der Waals surface area contributed by atoms with E-state index in [1.807, 2.05) is 31.2 Å². The van der Waals surface area contributed by atoms with E-state index in [1.165, 1.54) is 6.07 Å². The number of carbonyl (C=O) groups excluding carboxylic acids is 1. The van der Waals surface area contributed by atoms with Gasteiger partial charge in [-0.2, -0.15) is 0 Å². The summed E-state index contributed by atoms with van der Waals surface area (Å²) in [7, 11) is 0. The first-order valence-electron chi connectivity index (χ1n) is 7.48. The highest BCUT2D eigenvalue weighted by Gasteiger charge is 2.15. The quantitative estimate of drug-likeness (QED) is 0.218. The van der Waals surface area contributed by atoms with Gasteiger partial charge in [0, 0.05) is 5.56 Å². The number of anilines is 1. The molecule has 126 valence electrons. The van der Waals surface area contributed by atoms with Crippen molar-refractivity contribution in [2.24, 2.45) is 0 Å². The van der Waals surface area contributed by atoms with Crippen molar-refractivity contribution in [2.75, 3.05) is 5.32 Å². The van der Waals surface area contributed by atoms with Crippen molar-refractivity contribution >= 4 is 29.0 Å². The predicted octanol–water partition coefficient (Wildman–Crippen LogP) is 2.71. The van der Waals surface area contributed by atoms with E-state index in [0.29, 0.717) is 23.3 Å². The molecule has 0 fully saturated rings. The predicted molar refractivity (Wildman–Crippen MR) is 95.8 cm³/mol. The maximum Gasteiger partial charge on any atom is 0.213 e. The van der Waals surface area contributed by atoms with Crippen molar-refractivity contribution < 1.29 is 15.0 Å². The summed E-state index contributed by atoms with van der Waals surface area (Å²) >= 11 is 0. The van der Waals surface area contributed by atoms with Crippen LogP contribution in [0.4, 0.5) is 5.69 Å². The fourth-order valence-electron chi connectivity index (χ4n) is 2.63. The third-order valence-corrected chi connectivity index (χ3v) is 3.81. The Bertz CT molecular complexity index is 985. The number of aryl methyl sites for hydroxylation is 1. The number of fused-ring (bicyclic) bond motifs is 1. The zero-order chi connectivity index (χ0) is 18.0. The van der Waals surface area contributed by atoms with E-state index in [1.54, 1.807) is 12.1 Å². The van der Waals surface area contributed by atoms with Crippen LogP contribution < -0.4 is 10.6 Å². The highest BCUT2D eigenvalue weighted by Crippen LogP contribution is 2.39. The van der Waals surface area contributed by atoms with Crippen molar-refractivity contribution in [2.45, 2.75) is 6.92 Å². The normalized spacial score (nSPS) is 10.4. The maximum atomic E-state index is 10.5. The van der Waals surface area contributed by atoms with Gasteiger partial charge in [0.2, 0.25) is 6.41 Å². The number of amides is 1. The first kappa shape index (κ1) is 16.3. The number of benzene rings is 2. The summed E-state index contributed by atoms with van der Waals surface area (Å²) in [5.74, 6) is -0.903. The molecule has 5 N–H and O–H groups in total. The molecule has 1 amide bonds. The molecule has 7 nitrogen and oxygen atoms in total. The Morgan fingerprint density at radius 3 is 2.68 bits per heavy atom. The van der Waals surface area contributed by atoms with Crippen LogP contribution in [0.2, 0.25) is 0 Å². The van der Waals surface area contributed by atoms with Gasteiger partial charge in [-0.15, -0.1) is 0 Å². The van der Waals surface area contributed by atoms with Gasteiger partial charge in [-0.25, -0.2) is 4.98 Å². The smallest absolute Gasteiger partial charge is 0.213 e. The lowest BCUT2D eigenvalue weighted by molar-refractivity contribution is -0.108. The van der Waals surface area contributed by atoms with Crippen molar-refractivity contribution in [3.63, 3.8) is 0 Å². The Kier molecular flexibility index (Phi) is 4.21. The van der Waals surface area contributed by atoms with Gasteiger partial charge in [-0.05, 0) is 30.7 Å². The molecule has 0 spiro atoms. The van der Waals surface area contributed by atoms with Gasteiger partial charge in [0.1, 0.15) is 0 Å². The second-order valence-electron chi connectivity index (χ2n) is 5.46. The van der Waals surface area contributed by atoms with Gasteiger partial charge < -0.3 is 15.5 Å². The molecule has 1 heterocycles. The van der Waals surface area contributed by atoms with E-state index in [0.717, 1.165) is 11.1 Å². The maximum absolute atomic E-state index is 10.5. The number of hydrogen-bond acceptors (Lipinski definition) is 5. The van der Waals surface area contributed by atoms with Gasteiger partial charge in [0.15, 0.2) is 17.5 Å². The summed E-state index contributed by atoms with van der Waals surface area (Å²) in [6, 6.07) is 12.3. The van der Waals surface area contributed by atoms with Crippen molar-refractivity contribution in [1.29, 1.82) is 5.41 Å². The van der Waals surface area contributed by atoms with Crippen LogP contribution in [0.1, 0.15) is 5.56 Å². The van der Waals surface area contributed by atoms with Crippen LogP contribution >= 0.6 is 0 Å². The average molecular weight is 336 g/mol. The van der Waals surface area contributed by atoms with Crippen LogP contribution in [-0.4, -0.2) is 27.6 Å². The molecule has 0 saturated heterocycles. The number of aromatic nitrogens is 1. The van der Waals surface area contributed by atoms with E-state index in [-0.39, 0.29) is 22.8 Å². The number of phenols is 2. The Hall–Kier alpha value is -3.61. The van der Waals surface area contributed by atoms with Crippen LogP contribution in [0.25, 0.3) is 22.2 Å². The van der Waals surface area contributed by atoms with E-state index < -0.39 is 0 Å². The second-order valence-corrected chi connectivity index (χ2v) is 5.46. The number of nitrogens with zero attached hydrogens (tertiary/aromatic N) is 1. The first-order chi connectivity index (χ1) is 12.0. The number of hydrogen-bond donors (Lipinski definition) is 5. The van der Waals surface area contributed by atoms with Crippen molar-refractivity contribution in [3.05, 3.63) is 48.0 Å². The molecule has 0 atom stereocenters. The molecule has 0 aliphatic rings. The minimum absolute atomic E-state index is 0.259. The number of rotatable bonds is 3. The van der Waals surface area contributed by atoms with Crippen LogP contribution in [0.15, 0.2) is 42.5 Å². The van der Waals surface area contributed by atoms with Gasteiger partial charge in [-0.3, -0.25) is 15.5 Å². The fourth-order valence-corrected chi connectivity index (χ4v) is 2.63. The lowest BCUT2D eigenvalue weighted by Gasteiger charge is -2.14. The minimum Gasteiger partial charge on any atom is -0.504 e. The molecule has 1 aromatic heterocycles. The van der Waals surface area contributed by atoms with Crippen molar-refractivity contribution in [3.8, 4) is 22.8 Å². The Labute approximate surface area is 143 Å². The van der Waals surface area contributed by atoms with Gasteiger partial charge in [-0.1, -0.05) is 24.3 Å². The van der Waals surface area contributed by atoms with Gasteiger partial charge in [0.05, 0.1) is 22.3 Å². The molecule has 25 heavy (non-hydrogen) atoms. The number of carbonyl (C=O) groups is 1. The monoisotopic (exact) mass is 336 g/mol. The summed E-state index contributed by atoms with van der Waals surface area (Å²) in [6.45, 7) is 1.96. The number of nitrogens with one attached hydrogen (secondary N) is 3. The zero-order valence-electron chi connectivity index (χ0n) is 13.4. The summed E-state index contributed by atoms with van der Waals surface area (Å²) in [5.41, 5.74) is 3.34. The SMILES string of the molecule is Cc1ccccc1-c1cc(NC(=N)NC=O)c2c(O)c(O)ccc2n1. The molecule has 0 aliphatic carbocycles. The Morgan fingerprint density at radius 2 is 1.96 bits per heavy atom. The van der Waals surface area contributed by atoms with Crippen molar-refractivity contribution in [1.82, 2.24) is 10.3 Å². The number of aromatic hydroxyl groups is 2. The molecule has 0 unspecified atom stereocenters. The van der Waals surface area contributed by atoms with Gasteiger partial charge >= 0.3 is 0 Å². The molecule has 7 heteroatoms. The highest BCUT2D eigenvalue weighted by molar-refractivity contribution is 6.07. The number of guanidine groups is 1. The van der Waals surface area contributed by atoms with Crippen LogP contribution in [0.3, 0.4) is 0 Å². The standard InChI is InChI=1S/C18H16N4O3/c1-10-4-2-3-5-11(10)13-8-14(22-18(19)20-9-23)16-12(21-13)6-7-15(24)17(16)25/h2-9,24-25H,1H3,(H3,19,20,21,22,23). The summed E-state index contributed by atoms with van der Waals surface area (Å²) in [4.78, 5) is 15.1. The molecular formula is C18H16N4O3. The second kappa shape index (κ2) is 6.48. The summed E-state index contributed by atoms with van der Waals surface area (Å²) < 4.78 is 0. The Morgan fingerprint density at radius 1 is 1.20 bits per heavy atom. The summed E-state index contributed by atoms with van der Waals surface area (Å²) in [6.07, 6.45) is 0.373. The molecule has 0 saturated carbocycles. The van der Waals surface area contributed by atoms with Gasteiger partial charge in [0.25, 0.3) is 0 Å². The molecule has 0 bridgehead atoms. The third kappa shape index (κ3) is 3.07. The summed E-state index contributed by atoms with van der Waals surface area (Å²) in [5, 5.41) is 32.9. The van der Waals surface area contributed by atoms with Crippen LogP contribution in [-0.2, 0) is 4.79 Å². The minimum atomic E-state index is -0.345.